The fraction of sp³-hybridized carbons (Fsp3) is 0.250. The molecule has 2 heterocycles. The molecule has 0 spiro atoms. The molecule has 0 aliphatic rings. The van der Waals surface area contributed by atoms with Gasteiger partial charge in [-0.25, -0.2) is 4.98 Å². The van der Waals surface area contributed by atoms with Crippen molar-refractivity contribution in [2.45, 2.75) is 20.0 Å². The maximum absolute atomic E-state index is 13.1. The molecule has 0 saturated heterocycles. The Balaban J connectivity index is 1.99. The second-order valence-corrected chi connectivity index (χ2v) is 4.56. The van der Waals surface area contributed by atoms with Crippen molar-refractivity contribution in [2.24, 2.45) is 0 Å². The Hall–Kier alpha value is -1.42. The Morgan fingerprint density at radius 2 is 2.12 bits per heavy atom. The summed E-state index contributed by atoms with van der Waals surface area (Å²) in [6.45, 7) is 2.50. The highest BCUT2D eigenvalue weighted by Gasteiger charge is 2.04. The molecule has 2 rings (SSSR count). The first-order valence-corrected chi connectivity index (χ1v) is 5.92. The lowest BCUT2D eigenvalue weighted by molar-refractivity contribution is 0.289. The molecule has 0 atom stereocenters. The number of halogens is 1. The lowest BCUT2D eigenvalue weighted by atomic mass is 10.4. The third kappa shape index (κ3) is 2.58. The van der Waals surface area contributed by atoms with Crippen LogP contribution in [0.25, 0.3) is 0 Å². The van der Waals surface area contributed by atoms with Gasteiger partial charge in [-0.15, -0.1) is 11.3 Å². The third-order valence-corrected chi connectivity index (χ3v) is 3.36. The minimum absolute atomic E-state index is 0.203. The van der Waals surface area contributed by atoms with E-state index in [2.05, 4.69) is 18.0 Å². The number of aromatic nitrogens is 1. The van der Waals surface area contributed by atoms with Crippen molar-refractivity contribution in [3.05, 3.63) is 46.2 Å². The molecule has 0 unspecified atom stereocenters. The Labute approximate surface area is 97.7 Å². The minimum atomic E-state index is -0.560. The van der Waals surface area contributed by atoms with Crippen LogP contribution in [-0.2, 0) is 13.0 Å². The highest BCUT2D eigenvalue weighted by molar-refractivity contribution is 7.11. The largest absolute Gasteiger partial charge is 0.483 e. The summed E-state index contributed by atoms with van der Waals surface area (Å²) in [4.78, 5) is 5.93. The van der Waals surface area contributed by atoms with E-state index in [9.17, 15) is 4.39 Å². The SMILES string of the molecule is CCc1ccc(COc2cccnc2F)s1. The Bertz CT molecular complexity index is 470. The van der Waals surface area contributed by atoms with E-state index in [1.807, 2.05) is 6.07 Å². The van der Waals surface area contributed by atoms with Crippen LogP contribution in [0.15, 0.2) is 30.5 Å². The predicted octanol–water partition coefficient (Wildman–Crippen LogP) is 3.42. The second kappa shape index (κ2) is 5.07. The van der Waals surface area contributed by atoms with E-state index >= 15 is 0 Å². The summed E-state index contributed by atoms with van der Waals surface area (Å²) in [5.41, 5.74) is 0. The van der Waals surface area contributed by atoms with Crippen molar-refractivity contribution in [1.29, 1.82) is 0 Å². The van der Waals surface area contributed by atoms with Crippen molar-refractivity contribution in [2.75, 3.05) is 0 Å². The molecule has 2 nitrogen and oxygen atoms in total. The Morgan fingerprint density at radius 1 is 1.31 bits per heavy atom. The van der Waals surface area contributed by atoms with Gasteiger partial charge in [0.1, 0.15) is 6.61 Å². The highest BCUT2D eigenvalue weighted by atomic mass is 32.1. The summed E-state index contributed by atoms with van der Waals surface area (Å²) in [7, 11) is 0. The fourth-order valence-electron chi connectivity index (χ4n) is 1.32. The maximum atomic E-state index is 13.1. The minimum Gasteiger partial charge on any atom is -0.483 e. The Morgan fingerprint density at radius 3 is 2.81 bits per heavy atom. The summed E-state index contributed by atoms with van der Waals surface area (Å²) in [6.07, 6.45) is 2.43. The molecule has 0 bridgehead atoms. The first kappa shape index (κ1) is 11.1. The number of hydrogen-bond donors (Lipinski definition) is 0. The van der Waals surface area contributed by atoms with Crippen LogP contribution in [0.4, 0.5) is 4.39 Å². The second-order valence-electron chi connectivity index (χ2n) is 3.30. The van der Waals surface area contributed by atoms with Gasteiger partial charge in [0.25, 0.3) is 5.95 Å². The Kier molecular flexibility index (Phi) is 3.51. The monoisotopic (exact) mass is 237 g/mol. The van der Waals surface area contributed by atoms with Gasteiger partial charge in [0.2, 0.25) is 0 Å². The van der Waals surface area contributed by atoms with Crippen LogP contribution in [0.1, 0.15) is 16.7 Å². The molecule has 0 N–H and O–H groups in total. The zero-order valence-corrected chi connectivity index (χ0v) is 9.76. The lowest BCUT2D eigenvalue weighted by Crippen LogP contribution is -1.96. The van der Waals surface area contributed by atoms with Crippen LogP contribution in [-0.4, -0.2) is 4.98 Å². The average molecular weight is 237 g/mol. The van der Waals surface area contributed by atoms with E-state index in [-0.39, 0.29) is 5.75 Å². The van der Waals surface area contributed by atoms with E-state index in [1.165, 1.54) is 11.1 Å². The van der Waals surface area contributed by atoms with E-state index in [0.717, 1.165) is 11.3 Å². The van der Waals surface area contributed by atoms with Gasteiger partial charge in [-0.3, -0.25) is 0 Å². The van der Waals surface area contributed by atoms with Crippen molar-refractivity contribution >= 4 is 11.3 Å². The predicted molar refractivity (Wildman–Crippen MR) is 62.2 cm³/mol. The van der Waals surface area contributed by atoms with E-state index in [1.54, 1.807) is 23.5 Å². The molecular weight excluding hydrogens is 225 g/mol. The topological polar surface area (TPSA) is 22.1 Å². The van der Waals surface area contributed by atoms with Gasteiger partial charge >= 0.3 is 0 Å². The number of aryl methyl sites for hydroxylation is 1. The molecule has 4 heteroatoms. The van der Waals surface area contributed by atoms with E-state index < -0.39 is 5.95 Å². The lowest BCUT2D eigenvalue weighted by Gasteiger charge is -2.04. The molecule has 0 aliphatic carbocycles. The smallest absolute Gasteiger partial charge is 0.255 e. The number of rotatable bonds is 4. The summed E-state index contributed by atoms with van der Waals surface area (Å²) in [5.74, 6) is -0.358. The van der Waals surface area contributed by atoms with E-state index in [0.29, 0.717) is 6.61 Å². The van der Waals surface area contributed by atoms with Crippen LogP contribution < -0.4 is 4.74 Å². The quantitative estimate of drug-likeness (QED) is 0.760. The number of nitrogens with zero attached hydrogens (tertiary/aromatic N) is 1. The molecule has 84 valence electrons. The first-order valence-electron chi connectivity index (χ1n) is 5.10. The number of pyridine rings is 1. The molecule has 0 amide bonds. The molecule has 0 saturated carbocycles. The van der Waals surface area contributed by atoms with Crippen LogP contribution >= 0.6 is 11.3 Å². The molecule has 2 aromatic heterocycles. The summed E-state index contributed by atoms with van der Waals surface area (Å²) in [5, 5.41) is 0. The van der Waals surface area contributed by atoms with Crippen LogP contribution in [0.5, 0.6) is 5.75 Å². The zero-order valence-electron chi connectivity index (χ0n) is 8.94. The van der Waals surface area contributed by atoms with Gasteiger partial charge in [0, 0.05) is 16.0 Å². The molecule has 0 aliphatic heterocycles. The van der Waals surface area contributed by atoms with Gasteiger partial charge < -0.3 is 4.74 Å². The number of ether oxygens (including phenoxy) is 1. The standard InChI is InChI=1S/C12H12FNOS/c1-2-9-5-6-10(16-9)8-15-11-4-3-7-14-12(11)13/h3-7H,2,8H2,1H3. The summed E-state index contributed by atoms with van der Waals surface area (Å²) < 4.78 is 18.5. The normalized spacial score (nSPS) is 10.4. The van der Waals surface area contributed by atoms with Crippen LogP contribution in [0.2, 0.25) is 0 Å². The number of hydrogen-bond acceptors (Lipinski definition) is 3. The fourth-order valence-corrected chi connectivity index (χ4v) is 2.19. The average Bonchev–Trinajstić information content (AvgIpc) is 2.76. The highest BCUT2D eigenvalue weighted by Crippen LogP contribution is 2.20. The molecule has 0 fully saturated rings. The molecule has 0 radical (unpaired) electrons. The molecule has 0 aromatic carbocycles. The first-order chi connectivity index (χ1) is 7.79. The van der Waals surface area contributed by atoms with Crippen molar-refractivity contribution < 1.29 is 9.13 Å². The van der Waals surface area contributed by atoms with Crippen molar-refractivity contribution in [3.63, 3.8) is 0 Å². The van der Waals surface area contributed by atoms with Crippen molar-refractivity contribution in [1.82, 2.24) is 4.98 Å². The van der Waals surface area contributed by atoms with Gasteiger partial charge in [-0.1, -0.05) is 6.92 Å². The molecule has 16 heavy (non-hydrogen) atoms. The molecule has 2 aromatic rings. The number of thiophene rings is 1. The van der Waals surface area contributed by atoms with Gasteiger partial charge in [-0.2, -0.15) is 4.39 Å². The third-order valence-electron chi connectivity index (χ3n) is 2.16. The van der Waals surface area contributed by atoms with Crippen LogP contribution in [0, 0.1) is 5.95 Å². The summed E-state index contributed by atoms with van der Waals surface area (Å²) in [6, 6.07) is 7.32. The van der Waals surface area contributed by atoms with Gasteiger partial charge in [0.15, 0.2) is 5.75 Å². The summed E-state index contributed by atoms with van der Waals surface area (Å²) >= 11 is 1.69. The van der Waals surface area contributed by atoms with E-state index in [4.69, 9.17) is 4.74 Å². The zero-order chi connectivity index (χ0) is 11.4. The van der Waals surface area contributed by atoms with Crippen LogP contribution in [0.3, 0.4) is 0 Å². The van der Waals surface area contributed by atoms with Gasteiger partial charge in [0.05, 0.1) is 0 Å². The molecular formula is C12H12FNOS. The van der Waals surface area contributed by atoms with Gasteiger partial charge in [-0.05, 0) is 30.7 Å². The maximum Gasteiger partial charge on any atom is 0.255 e. The van der Waals surface area contributed by atoms with Crippen molar-refractivity contribution in [3.8, 4) is 5.75 Å².